The fourth-order valence-electron chi connectivity index (χ4n) is 2.05. The predicted octanol–water partition coefficient (Wildman–Crippen LogP) is 3.17. The Balaban J connectivity index is 2.42. The maximum atomic E-state index is 11.2. The van der Waals surface area contributed by atoms with Gasteiger partial charge < -0.3 is 9.47 Å². The number of rotatable bonds is 6. The number of hydrogen-bond donors (Lipinski definition) is 0. The van der Waals surface area contributed by atoms with Crippen molar-refractivity contribution in [1.29, 1.82) is 0 Å². The van der Waals surface area contributed by atoms with Crippen LogP contribution < -0.4 is 9.47 Å². The lowest BCUT2D eigenvalue weighted by molar-refractivity contribution is 0.112. The molecule has 0 aliphatic heterocycles. The van der Waals surface area contributed by atoms with Gasteiger partial charge in [-0.3, -0.25) is 4.79 Å². The molecule has 0 heterocycles. The summed E-state index contributed by atoms with van der Waals surface area (Å²) in [6.45, 7) is 5.07. The van der Waals surface area contributed by atoms with Crippen LogP contribution in [0.1, 0.15) is 48.5 Å². The van der Waals surface area contributed by atoms with Gasteiger partial charge in [0.25, 0.3) is 0 Å². The quantitative estimate of drug-likeness (QED) is 0.709. The summed E-state index contributed by atoms with van der Waals surface area (Å²) in [6, 6.07) is 3.71. The van der Waals surface area contributed by atoms with Gasteiger partial charge >= 0.3 is 0 Å². The molecule has 0 unspecified atom stereocenters. The zero-order chi connectivity index (χ0) is 12.3. The van der Waals surface area contributed by atoms with Crippen LogP contribution in [0, 0.1) is 0 Å². The van der Waals surface area contributed by atoms with Gasteiger partial charge in [-0.05, 0) is 38.7 Å². The molecule has 0 atom stereocenters. The molecule has 1 aromatic carbocycles. The van der Waals surface area contributed by atoms with E-state index in [1.165, 1.54) is 0 Å². The first-order valence-electron chi connectivity index (χ1n) is 6.18. The normalized spacial score (nSPS) is 14.5. The van der Waals surface area contributed by atoms with E-state index in [9.17, 15) is 4.79 Å². The van der Waals surface area contributed by atoms with Gasteiger partial charge in [0, 0.05) is 17.2 Å². The van der Waals surface area contributed by atoms with Crippen LogP contribution in [0.3, 0.4) is 0 Å². The third kappa shape index (κ3) is 2.60. The number of aldehydes is 1. The molecule has 0 aromatic heterocycles. The molecule has 0 spiro atoms. The summed E-state index contributed by atoms with van der Waals surface area (Å²) < 4.78 is 11.1. The molecule has 0 saturated heterocycles. The molecule has 1 fully saturated rings. The zero-order valence-corrected chi connectivity index (χ0v) is 10.4. The summed E-state index contributed by atoms with van der Waals surface area (Å²) in [6.07, 6.45) is 3.20. The Bertz CT molecular complexity index is 408. The Morgan fingerprint density at radius 3 is 2.47 bits per heavy atom. The molecule has 0 amide bonds. The molecular weight excluding hydrogens is 216 g/mol. The van der Waals surface area contributed by atoms with Gasteiger partial charge in [0.2, 0.25) is 0 Å². The van der Waals surface area contributed by atoms with Crippen molar-refractivity contribution in [2.75, 3.05) is 13.2 Å². The molecule has 17 heavy (non-hydrogen) atoms. The minimum atomic E-state index is 0.493. The van der Waals surface area contributed by atoms with Crippen LogP contribution in [-0.4, -0.2) is 19.5 Å². The van der Waals surface area contributed by atoms with Crippen LogP contribution >= 0.6 is 0 Å². The Labute approximate surface area is 102 Å². The SMILES string of the molecule is CCOc1cc(C=O)c(C2CC2)c(OCC)c1. The van der Waals surface area contributed by atoms with E-state index < -0.39 is 0 Å². The highest BCUT2D eigenvalue weighted by molar-refractivity contribution is 5.80. The molecule has 0 radical (unpaired) electrons. The van der Waals surface area contributed by atoms with Gasteiger partial charge in [0.15, 0.2) is 6.29 Å². The molecule has 1 saturated carbocycles. The summed E-state index contributed by atoms with van der Waals surface area (Å²) in [4.78, 5) is 11.2. The van der Waals surface area contributed by atoms with Crippen molar-refractivity contribution < 1.29 is 14.3 Å². The van der Waals surface area contributed by atoms with E-state index in [2.05, 4.69) is 0 Å². The first kappa shape index (κ1) is 12.0. The zero-order valence-electron chi connectivity index (χ0n) is 10.4. The average molecular weight is 234 g/mol. The first-order valence-corrected chi connectivity index (χ1v) is 6.18. The third-order valence-corrected chi connectivity index (χ3v) is 2.87. The van der Waals surface area contributed by atoms with E-state index in [1.807, 2.05) is 26.0 Å². The van der Waals surface area contributed by atoms with E-state index in [0.717, 1.165) is 30.4 Å². The van der Waals surface area contributed by atoms with Crippen molar-refractivity contribution in [2.45, 2.75) is 32.6 Å². The summed E-state index contributed by atoms with van der Waals surface area (Å²) >= 11 is 0. The fourth-order valence-corrected chi connectivity index (χ4v) is 2.05. The highest BCUT2D eigenvalue weighted by atomic mass is 16.5. The lowest BCUT2D eigenvalue weighted by Gasteiger charge is -2.14. The van der Waals surface area contributed by atoms with Gasteiger partial charge in [-0.1, -0.05) is 0 Å². The van der Waals surface area contributed by atoms with Crippen molar-refractivity contribution in [3.8, 4) is 11.5 Å². The molecule has 92 valence electrons. The van der Waals surface area contributed by atoms with Crippen LogP contribution in [0.15, 0.2) is 12.1 Å². The lowest BCUT2D eigenvalue weighted by Crippen LogP contribution is -2.02. The van der Waals surface area contributed by atoms with E-state index >= 15 is 0 Å². The van der Waals surface area contributed by atoms with Crippen molar-refractivity contribution in [3.05, 3.63) is 23.3 Å². The minimum Gasteiger partial charge on any atom is -0.494 e. The molecule has 3 heteroatoms. The van der Waals surface area contributed by atoms with Gasteiger partial charge in [0.05, 0.1) is 13.2 Å². The van der Waals surface area contributed by atoms with E-state index in [-0.39, 0.29) is 0 Å². The van der Waals surface area contributed by atoms with Gasteiger partial charge in [-0.15, -0.1) is 0 Å². The molecule has 1 aliphatic carbocycles. The Hall–Kier alpha value is -1.51. The summed E-state index contributed by atoms with van der Waals surface area (Å²) in [5.41, 5.74) is 1.77. The molecule has 1 aliphatic rings. The van der Waals surface area contributed by atoms with Crippen LogP contribution in [-0.2, 0) is 0 Å². The van der Waals surface area contributed by atoms with E-state index in [0.29, 0.717) is 30.4 Å². The second-order valence-corrected chi connectivity index (χ2v) is 4.18. The third-order valence-electron chi connectivity index (χ3n) is 2.87. The molecule has 0 N–H and O–H groups in total. The van der Waals surface area contributed by atoms with E-state index in [1.54, 1.807) is 0 Å². The summed E-state index contributed by atoms with van der Waals surface area (Å²) in [7, 11) is 0. The monoisotopic (exact) mass is 234 g/mol. The average Bonchev–Trinajstić information content (AvgIpc) is 3.13. The van der Waals surface area contributed by atoms with Crippen molar-refractivity contribution in [3.63, 3.8) is 0 Å². The smallest absolute Gasteiger partial charge is 0.150 e. The predicted molar refractivity (Wildman–Crippen MR) is 66.1 cm³/mol. The van der Waals surface area contributed by atoms with Crippen LogP contribution in [0.2, 0.25) is 0 Å². The minimum absolute atomic E-state index is 0.493. The first-order chi connectivity index (χ1) is 8.30. The second-order valence-electron chi connectivity index (χ2n) is 4.18. The van der Waals surface area contributed by atoms with Crippen molar-refractivity contribution in [1.82, 2.24) is 0 Å². The van der Waals surface area contributed by atoms with Crippen LogP contribution in [0.25, 0.3) is 0 Å². The van der Waals surface area contributed by atoms with Crippen molar-refractivity contribution >= 4 is 6.29 Å². The van der Waals surface area contributed by atoms with Crippen LogP contribution in [0.5, 0.6) is 11.5 Å². The van der Waals surface area contributed by atoms with Crippen LogP contribution in [0.4, 0.5) is 0 Å². The molecular formula is C14H18O3. The largest absolute Gasteiger partial charge is 0.494 e. The molecule has 1 aromatic rings. The number of carbonyl (C=O) groups is 1. The Morgan fingerprint density at radius 2 is 1.94 bits per heavy atom. The van der Waals surface area contributed by atoms with Gasteiger partial charge in [0.1, 0.15) is 11.5 Å². The molecule has 0 bridgehead atoms. The molecule has 3 nitrogen and oxygen atoms in total. The Morgan fingerprint density at radius 1 is 1.24 bits per heavy atom. The van der Waals surface area contributed by atoms with Gasteiger partial charge in [-0.2, -0.15) is 0 Å². The van der Waals surface area contributed by atoms with E-state index in [4.69, 9.17) is 9.47 Å². The Kier molecular flexibility index (Phi) is 3.67. The maximum Gasteiger partial charge on any atom is 0.150 e. The standard InChI is InChI=1S/C14H18O3/c1-3-16-12-7-11(9-15)14(10-5-6-10)13(8-12)17-4-2/h7-10H,3-6H2,1-2H3. The highest BCUT2D eigenvalue weighted by Crippen LogP contribution is 2.47. The number of carbonyl (C=O) groups excluding carboxylic acids is 1. The highest BCUT2D eigenvalue weighted by Gasteiger charge is 2.30. The number of hydrogen-bond acceptors (Lipinski definition) is 3. The number of benzene rings is 1. The fraction of sp³-hybridized carbons (Fsp3) is 0.500. The maximum absolute atomic E-state index is 11.2. The van der Waals surface area contributed by atoms with Gasteiger partial charge in [-0.25, -0.2) is 0 Å². The topological polar surface area (TPSA) is 35.5 Å². The summed E-state index contributed by atoms with van der Waals surface area (Å²) in [5, 5.41) is 0. The molecule has 2 rings (SSSR count). The lowest BCUT2D eigenvalue weighted by atomic mass is 10.0. The summed E-state index contributed by atoms with van der Waals surface area (Å²) in [5.74, 6) is 2.01. The second kappa shape index (κ2) is 5.21. The van der Waals surface area contributed by atoms with Crippen molar-refractivity contribution in [2.24, 2.45) is 0 Å². The number of ether oxygens (including phenoxy) is 2.